The zero-order valence-corrected chi connectivity index (χ0v) is 19.7. The van der Waals surface area contributed by atoms with Crippen molar-refractivity contribution in [1.82, 2.24) is 19.9 Å². The molecule has 2 aromatic rings. The third-order valence-corrected chi connectivity index (χ3v) is 8.01. The minimum Gasteiger partial charge on any atom is -0.368 e. The van der Waals surface area contributed by atoms with Crippen LogP contribution >= 0.6 is 11.8 Å². The fourth-order valence-electron chi connectivity index (χ4n) is 5.29. The number of hydrogen-bond donors (Lipinski definition) is 0. The normalized spacial score (nSPS) is 24.8. The van der Waals surface area contributed by atoms with Gasteiger partial charge in [0.25, 0.3) is 5.91 Å². The molecule has 2 aromatic heterocycles. The van der Waals surface area contributed by atoms with Crippen LogP contribution in [0.4, 0.5) is 18.9 Å². The van der Waals surface area contributed by atoms with E-state index in [1.54, 1.807) is 23.9 Å². The van der Waals surface area contributed by atoms with E-state index in [1.165, 1.54) is 6.20 Å². The highest BCUT2D eigenvalue weighted by Crippen LogP contribution is 2.39. The Morgan fingerprint density at radius 3 is 2.71 bits per heavy atom. The van der Waals surface area contributed by atoms with Gasteiger partial charge in [-0.2, -0.15) is 17.8 Å². The molecule has 4 aliphatic rings. The first-order chi connectivity index (χ1) is 16.8. The van der Waals surface area contributed by atoms with Crippen molar-refractivity contribution in [2.24, 2.45) is 0 Å². The lowest BCUT2D eigenvalue weighted by Crippen LogP contribution is -2.60. The number of carbonyl (C=O) groups is 1. The number of carbonyl (C=O) groups excluding carboxylic acids is 1. The Kier molecular flexibility index (Phi) is 5.39. The summed E-state index contributed by atoms with van der Waals surface area (Å²) in [6.07, 6.45) is 5.09. The van der Waals surface area contributed by atoms with Gasteiger partial charge in [0, 0.05) is 49.1 Å². The minimum absolute atomic E-state index is 0.0984. The molecule has 0 spiro atoms. The van der Waals surface area contributed by atoms with E-state index >= 15 is 0 Å². The molecule has 1 atom stereocenters. The van der Waals surface area contributed by atoms with Crippen LogP contribution in [-0.4, -0.2) is 81.3 Å². The third kappa shape index (κ3) is 3.82. The van der Waals surface area contributed by atoms with Gasteiger partial charge in [-0.3, -0.25) is 4.79 Å². The summed E-state index contributed by atoms with van der Waals surface area (Å²) in [5.74, 6) is 1.81. The molecule has 0 unspecified atom stereocenters. The number of alkyl halides is 3. The summed E-state index contributed by atoms with van der Waals surface area (Å²) in [6.45, 7) is 3.74. The molecule has 11 heteroatoms. The standard InChI is InChI=1S/C24H24F3N6OS/c25-24(26,27)21-14-20(19-4-1-5-28-22(19)29-21)30-6-8-32(9-7-30)33-11-2-3-18(33)13-17(15-33)23(34)31-10-12-35-16-31/h1-5,11,13-14H,6-10,12,15-16H2/q+1/t33-/m1/s1. The number of quaternary nitrogens is 1. The fourth-order valence-corrected chi connectivity index (χ4v) is 6.24. The number of piperazine rings is 1. The maximum atomic E-state index is 13.5. The van der Waals surface area contributed by atoms with Gasteiger partial charge in [-0.05, 0) is 24.3 Å². The topological polar surface area (TPSA) is 52.6 Å². The Morgan fingerprint density at radius 2 is 1.97 bits per heavy atom. The van der Waals surface area contributed by atoms with Crippen molar-refractivity contribution in [2.75, 3.05) is 55.8 Å². The van der Waals surface area contributed by atoms with Crippen LogP contribution < -0.4 is 4.90 Å². The number of thioether (sulfide) groups is 1. The Bertz CT molecular complexity index is 1280. The second kappa shape index (κ2) is 8.35. The number of fused-ring (bicyclic) bond motifs is 2. The van der Waals surface area contributed by atoms with Gasteiger partial charge in [0.05, 0.1) is 30.2 Å². The van der Waals surface area contributed by atoms with Gasteiger partial charge in [-0.15, -0.1) is 16.8 Å². The van der Waals surface area contributed by atoms with Crippen LogP contribution in [0.2, 0.25) is 0 Å². The van der Waals surface area contributed by atoms with Crippen molar-refractivity contribution >= 4 is 34.4 Å². The van der Waals surface area contributed by atoms with E-state index < -0.39 is 11.9 Å². The van der Waals surface area contributed by atoms with Gasteiger partial charge in [-0.25, -0.2) is 9.97 Å². The highest BCUT2D eigenvalue weighted by atomic mass is 32.2. The molecule has 0 bridgehead atoms. The quantitative estimate of drug-likeness (QED) is 0.602. The number of pyridine rings is 2. The largest absolute Gasteiger partial charge is 0.433 e. The summed E-state index contributed by atoms with van der Waals surface area (Å²) in [5.41, 5.74) is 1.55. The van der Waals surface area contributed by atoms with Crippen LogP contribution in [0.15, 0.2) is 60.1 Å². The van der Waals surface area contributed by atoms with E-state index in [0.29, 0.717) is 48.4 Å². The lowest BCUT2D eigenvalue weighted by molar-refractivity contribution is -0.948. The smallest absolute Gasteiger partial charge is 0.368 e. The number of allylic oxidation sites excluding steroid dienone is 3. The van der Waals surface area contributed by atoms with Crippen LogP contribution in [-0.2, 0) is 11.0 Å². The van der Waals surface area contributed by atoms with Crippen molar-refractivity contribution < 1.29 is 22.6 Å². The Balaban J connectivity index is 1.23. The number of aromatic nitrogens is 2. The molecule has 0 aromatic carbocycles. The average Bonchev–Trinajstić information content (AvgIpc) is 3.59. The zero-order valence-electron chi connectivity index (χ0n) is 18.9. The predicted octanol–water partition coefficient (Wildman–Crippen LogP) is 3.39. The lowest BCUT2D eigenvalue weighted by atomic mass is 10.1. The Hall–Kier alpha value is -2.89. The maximum absolute atomic E-state index is 13.5. The van der Waals surface area contributed by atoms with E-state index in [0.717, 1.165) is 35.5 Å². The molecule has 0 radical (unpaired) electrons. The molecule has 6 heterocycles. The second-order valence-electron chi connectivity index (χ2n) is 9.03. The number of halogens is 3. The molecule has 1 amide bonds. The Labute approximate surface area is 204 Å². The molecule has 182 valence electrons. The number of amides is 1. The predicted molar refractivity (Wildman–Crippen MR) is 128 cm³/mol. The van der Waals surface area contributed by atoms with Crippen LogP contribution in [0.5, 0.6) is 0 Å². The first-order valence-electron chi connectivity index (χ1n) is 11.5. The maximum Gasteiger partial charge on any atom is 0.433 e. The molecule has 0 aliphatic carbocycles. The highest BCUT2D eigenvalue weighted by Gasteiger charge is 2.48. The molecule has 7 nitrogen and oxygen atoms in total. The first-order valence-corrected chi connectivity index (χ1v) is 12.7. The van der Waals surface area contributed by atoms with Crippen LogP contribution in [0.1, 0.15) is 5.69 Å². The van der Waals surface area contributed by atoms with E-state index in [1.807, 2.05) is 28.0 Å². The molecule has 35 heavy (non-hydrogen) atoms. The van der Waals surface area contributed by atoms with Crippen molar-refractivity contribution in [3.05, 3.63) is 65.8 Å². The fraction of sp³-hybridized carbons (Fsp3) is 0.375. The van der Waals surface area contributed by atoms with E-state index in [2.05, 4.69) is 21.2 Å². The highest BCUT2D eigenvalue weighted by molar-refractivity contribution is 7.99. The number of rotatable bonds is 3. The van der Waals surface area contributed by atoms with Crippen LogP contribution in [0.3, 0.4) is 0 Å². The first kappa shape index (κ1) is 22.6. The van der Waals surface area contributed by atoms with Gasteiger partial charge in [-0.1, -0.05) is 0 Å². The molecule has 2 saturated heterocycles. The number of nitrogens with zero attached hydrogens (tertiary/aromatic N) is 6. The summed E-state index contributed by atoms with van der Waals surface area (Å²) in [5, 5.41) is 2.91. The van der Waals surface area contributed by atoms with Crippen molar-refractivity contribution in [3.63, 3.8) is 0 Å². The van der Waals surface area contributed by atoms with Crippen molar-refractivity contribution in [2.45, 2.75) is 6.18 Å². The molecule has 6 rings (SSSR count). The summed E-state index contributed by atoms with van der Waals surface area (Å²) in [6, 6.07) is 4.62. The van der Waals surface area contributed by atoms with Gasteiger partial charge >= 0.3 is 6.18 Å². The van der Waals surface area contributed by atoms with E-state index in [9.17, 15) is 18.0 Å². The van der Waals surface area contributed by atoms with E-state index in [4.69, 9.17) is 0 Å². The lowest BCUT2D eigenvalue weighted by Gasteiger charge is -2.44. The number of anilines is 1. The summed E-state index contributed by atoms with van der Waals surface area (Å²) in [7, 11) is 0. The second-order valence-corrected chi connectivity index (χ2v) is 10.1. The van der Waals surface area contributed by atoms with Gasteiger partial charge in [0.1, 0.15) is 18.4 Å². The van der Waals surface area contributed by atoms with Gasteiger partial charge in [0.2, 0.25) is 0 Å². The van der Waals surface area contributed by atoms with Crippen molar-refractivity contribution in [3.8, 4) is 0 Å². The molecular weight excluding hydrogens is 477 g/mol. The minimum atomic E-state index is -4.54. The van der Waals surface area contributed by atoms with Crippen molar-refractivity contribution in [1.29, 1.82) is 0 Å². The summed E-state index contributed by atoms with van der Waals surface area (Å²) in [4.78, 5) is 24.7. The zero-order chi connectivity index (χ0) is 24.2. The SMILES string of the molecule is O=C(C1=CC2=CC=C[N@@+]2(N2CCN(c3cc(C(F)(F)F)nc4ncccc34)CC2)C1)N1CCSC1. The molecular formula is C24H24F3N6OS+. The monoisotopic (exact) mass is 501 g/mol. The van der Waals surface area contributed by atoms with Gasteiger partial charge < -0.3 is 9.80 Å². The van der Waals surface area contributed by atoms with E-state index in [-0.39, 0.29) is 11.6 Å². The van der Waals surface area contributed by atoms with Gasteiger partial charge in [0.15, 0.2) is 11.3 Å². The summed E-state index contributed by atoms with van der Waals surface area (Å²) >= 11 is 1.77. The Morgan fingerprint density at radius 1 is 1.14 bits per heavy atom. The van der Waals surface area contributed by atoms with Crippen LogP contribution in [0.25, 0.3) is 11.0 Å². The summed E-state index contributed by atoms with van der Waals surface area (Å²) < 4.78 is 41.0. The number of hydrogen-bond acceptors (Lipinski definition) is 6. The molecule has 4 aliphatic heterocycles. The average molecular weight is 502 g/mol. The molecule has 0 N–H and O–H groups in total. The molecule has 2 fully saturated rings. The third-order valence-electron chi connectivity index (χ3n) is 7.05. The molecule has 0 saturated carbocycles. The van der Waals surface area contributed by atoms with Crippen LogP contribution in [0, 0.1) is 0 Å².